The van der Waals surface area contributed by atoms with E-state index in [4.69, 9.17) is 0 Å². The topological polar surface area (TPSA) is 49.4 Å². The van der Waals surface area contributed by atoms with E-state index in [1.54, 1.807) is 5.38 Å². The van der Waals surface area contributed by atoms with Crippen molar-refractivity contribution in [1.29, 1.82) is 0 Å². The SMILES string of the molecule is CCCNCc1csc(S(=O)(=O)N(C)CC(F)(F)F)c1. The number of nitrogens with zero attached hydrogens (tertiary/aromatic N) is 1. The molecule has 0 saturated heterocycles. The highest BCUT2D eigenvalue weighted by Crippen LogP contribution is 2.26. The van der Waals surface area contributed by atoms with E-state index in [1.165, 1.54) is 6.07 Å². The number of halogens is 3. The third-order valence-electron chi connectivity index (χ3n) is 2.45. The second-order valence-electron chi connectivity index (χ2n) is 4.33. The largest absolute Gasteiger partial charge is 0.402 e. The molecule has 20 heavy (non-hydrogen) atoms. The quantitative estimate of drug-likeness (QED) is 0.781. The molecule has 0 saturated carbocycles. The Labute approximate surface area is 120 Å². The molecule has 1 aromatic rings. The van der Waals surface area contributed by atoms with Gasteiger partial charge in [-0.3, -0.25) is 0 Å². The van der Waals surface area contributed by atoms with Crippen LogP contribution in [-0.4, -0.2) is 39.0 Å². The van der Waals surface area contributed by atoms with Crippen molar-refractivity contribution in [3.63, 3.8) is 0 Å². The van der Waals surface area contributed by atoms with Gasteiger partial charge in [-0.25, -0.2) is 8.42 Å². The van der Waals surface area contributed by atoms with E-state index < -0.39 is 22.7 Å². The molecule has 0 aliphatic rings. The summed E-state index contributed by atoms with van der Waals surface area (Å²) in [6.45, 7) is 1.81. The van der Waals surface area contributed by atoms with Crippen LogP contribution in [0.4, 0.5) is 13.2 Å². The van der Waals surface area contributed by atoms with Crippen LogP contribution in [0.15, 0.2) is 15.7 Å². The van der Waals surface area contributed by atoms with Crippen LogP contribution < -0.4 is 5.32 Å². The third kappa shape index (κ3) is 5.04. The van der Waals surface area contributed by atoms with Crippen LogP contribution in [0, 0.1) is 0 Å². The molecule has 116 valence electrons. The number of sulfonamides is 1. The first kappa shape index (κ1) is 17.4. The van der Waals surface area contributed by atoms with Crippen LogP contribution in [0.3, 0.4) is 0 Å². The first-order valence-corrected chi connectivity index (χ1v) is 8.30. The van der Waals surface area contributed by atoms with Gasteiger partial charge in [0.1, 0.15) is 10.8 Å². The molecule has 0 aliphatic heterocycles. The average molecular weight is 330 g/mol. The Balaban J connectivity index is 2.77. The van der Waals surface area contributed by atoms with Gasteiger partial charge in [0.2, 0.25) is 0 Å². The van der Waals surface area contributed by atoms with Gasteiger partial charge >= 0.3 is 6.18 Å². The fourth-order valence-electron chi connectivity index (χ4n) is 1.48. The Bertz CT molecular complexity index is 526. The summed E-state index contributed by atoms with van der Waals surface area (Å²) in [5, 5.41) is 4.74. The maximum absolute atomic E-state index is 12.3. The smallest absolute Gasteiger partial charge is 0.313 e. The number of hydrogen-bond acceptors (Lipinski definition) is 4. The van der Waals surface area contributed by atoms with Gasteiger partial charge in [-0.15, -0.1) is 11.3 Å². The highest BCUT2D eigenvalue weighted by Gasteiger charge is 2.35. The van der Waals surface area contributed by atoms with E-state index in [2.05, 4.69) is 5.32 Å². The Morgan fingerprint density at radius 3 is 2.60 bits per heavy atom. The van der Waals surface area contributed by atoms with Gasteiger partial charge < -0.3 is 5.32 Å². The van der Waals surface area contributed by atoms with Crippen molar-refractivity contribution in [2.75, 3.05) is 20.1 Å². The lowest BCUT2D eigenvalue weighted by molar-refractivity contribution is -0.134. The predicted molar refractivity (Wildman–Crippen MR) is 72.2 cm³/mol. The Morgan fingerprint density at radius 1 is 1.40 bits per heavy atom. The maximum Gasteiger partial charge on any atom is 0.402 e. The summed E-state index contributed by atoms with van der Waals surface area (Å²) in [5.41, 5.74) is 0.752. The molecule has 4 nitrogen and oxygen atoms in total. The minimum atomic E-state index is -4.55. The van der Waals surface area contributed by atoms with Gasteiger partial charge in [0.15, 0.2) is 0 Å². The van der Waals surface area contributed by atoms with E-state index in [1.807, 2.05) is 6.92 Å². The molecule has 0 bridgehead atoms. The molecule has 1 aromatic heterocycles. The minimum absolute atomic E-state index is 0.0717. The Kier molecular flexibility index (Phi) is 5.99. The van der Waals surface area contributed by atoms with E-state index in [0.29, 0.717) is 10.8 Å². The summed E-state index contributed by atoms with van der Waals surface area (Å²) in [6, 6.07) is 1.41. The fourth-order valence-corrected chi connectivity index (χ4v) is 4.06. The van der Waals surface area contributed by atoms with Gasteiger partial charge in [0, 0.05) is 13.6 Å². The lowest BCUT2D eigenvalue weighted by atomic mass is 10.3. The summed E-state index contributed by atoms with van der Waals surface area (Å²) in [6.07, 6.45) is -3.60. The molecular weight excluding hydrogens is 313 g/mol. The van der Waals surface area contributed by atoms with E-state index >= 15 is 0 Å². The molecular formula is C11H17F3N2O2S2. The van der Waals surface area contributed by atoms with E-state index in [9.17, 15) is 21.6 Å². The first-order chi connectivity index (χ1) is 9.16. The monoisotopic (exact) mass is 330 g/mol. The van der Waals surface area contributed by atoms with E-state index in [-0.39, 0.29) is 4.21 Å². The summed E-state index contributed by atoms with van der Waals surface area (Å²) < 4.78 is 60.9. The second kappa shape index (κ2) is 6.88. The minimum Gasteiger partial charge on any atom is -0.313 e. The Morgan fingerprint density at radius 2 is 2.05 bits per heavy atom. The molecule has 0 aromatic carbocycles. The molecule has 1 heterocycles. The fraction of sp³-hybridized carbons (Fsp3) is 0.636. The molecule has 1 N–H and O–H groups in total. The summed E-state index contributed by atoms with van der Waals surface area (Å²) >= 11 is 0.932. The number of rotatable bonds is 7. The third-order valence-corrected chi connectivity index (χ3v) is 5.72. The highest BCUT2D eigenvalue weighted by atomic mass is 32.2. The van der Waals surface area contributed by atoms with Crippen molar-refractivity contribution >= 4 is 21.4 Å². The van der Waals surface area contributed by atoms with Gasteiger partial charge in [-0.1, -0.05) is 6.92 Å². The highest BCUT2D eigenvalue weighted by molar-refractivity contribution is 7.91. The summed E-state index contributed by atoms with van der Waals surface area (Å²) in [5.74, 6) is 0. The molecule has 0 amide bonds. The van der Waals surface area contributed by atoms with Gasteiger partial charge in [-0.05, 0) is 30.0 Å². The van der Waals surface area contributed by atoms with E-state index in [0.717, 1.165) is 36.9 Å². The number of alkyl halides is 3. The van der Waals surface area contributed by atoms with Crippen molar-refractivity contribution < 1.29 is 21.6 Å². The van der Waals surface area contributed by atoms with Crippen molar-refractivity contribution in [3.05, 3.63) is 17.0 Å². The molecule has 1 rings (SSSR count). The molecule has 0 spiro atoms. The van der Waals surface area contributed by atoms with Crippen LogP contribution in [-0.2, 0) is 16.6 Å². The van der Waals surface area contributed by atoms with Gasteiger partial charge in [-0.2, -0.15) is 17.5 Å². The number of thiophene rings is 1. The molecule has 0 fully saturated rings. The number of hydrogen-bond donors (Lipinski definition) is 1. The first-order valence-electron chi connectivity index (χ1n) is 5.98. The zero-order valence-corrected chi connectivity index (χ0v) is 12.8. The molecule has 0 atom stereocenters. The second-order valence-corrected chi connectivity index (χ2v) is 7.51. The van der Waals surface area contributed by atoms with Crippen LogP contribution in [0.2, 0.25) is 0 Å². The summed E-state index contributed by atoms with van der Waals surface area (Å²) in [4.78, 5) is 0. The summed E-state index contributed by atoms with van der Waals surface area (Å²) in [7, 11) is -3.15. The van der Waals surface area contributed by atoms with Crippen LogP contribution in [0.25, 0.3) is 0 Å². The van der Waals surface area contributed by atoms with Crippen molar-refractivity contribution in [1.82, 2.24) is 9.62 Å². The van der Waals surface area contributed by atoms with Crippen molar-refractivity contribution in [2.45, 2.75) is 30.3 Å². The van der Waals surface area contributed by atoms with Crippen LogP contribution >= 0.6 is 11.3 Å². The zero-order chi connectivity index (χ0) is 15.4. The number of nitrogens with one attached hydrogen (secondary N) is 1. The normalized spacial score (nSPS) is 13.1. The zero-order valence-electron chi connectivity index (χ0n) is 11.2. The predicted octanol–water partition coefficient (Wildman–Crippen LogP) is 2.43. The van der Waals surface area contributed by atoms with Gasteiger partial charge in [0.25, 0.3) is 10.0 Å². The Hall–Kier alpha value is -0.640. The molecule has 9 heteroatoms. The van der Waals surface area contributed by atoms with Crippen LogP contribution in [0.1, 0.15) is 18.9 Å². The standard InChI is InChI=1S/C11H17F3N2O2S2/c1-3-4-15-6-9-5-10(19-7-9)20(17,18)16(2)8-11(12,13)14/h5,7,15H,3-4,6,8H2,1-2H3. The lowest BCUT2D eigenvalue weighted by Gasteiger charge is -2.17. The molecule has 0 radical (unpaired) electrons. The average Bonchev–Trinajstić information content (AvgIpc) is 2.76. The van der Waals surface area contributed by atoms with Crippen molar-refractivity contribution in [3.8, 4) is 0 Å². The van der Waals surface area contributed by atoms with Crippen LogP contribution in [0.5, 0.6) is 0 Å². The lowest BCUT2D eigenvalue weighted by Crippen LogP contribution is -2.35. The molecule has 0 unspecified atom stereocenters. The van der Waals surface area contributed by atoms with Crippen molar-refractivity contribution in [2.24, 2.45) is 0 Å². The maximum atomic E-state index is 12.3. The van der Waals surface area contributed by atoms with Gasteiger partial charge in [0.05, 0.1) is 0 Å². The molecule has 0 aliphatic carbocycles.